The van der Waals surface area contributed by atoms with Crippen LogP contribution in [0.1, 0.15) is 47.0 Å². The second-order valence-corrected chi connectivity index (χ2v) is 5.91. The monoisotopic (exact) mass is 167 g/mol. The van der Waals surface area contributed by atoms with Crippen molar-refractivity contribution in [2.45, 2.75) is 53.0 Å². The zero-order chi connectivity index (χ0) is 9.20. The Morgan fingerprint density at radius 2 is 1.67 bits per heavy atom. The molecule has 3 atom stereocenters. The first kappa shape index (κ1) is 8.55. The molecule has 2 bridgehead atoms. The Hall–Kier alpha value is -0.0400. The minimum absolute atomic E-state index is 0.405. The summed E-state index contributed by atoms with van der Waals surface area (Å²) in [6.45, 7) is 9.63. The average Bonchev–Trinajstić information content (AvgIpc) is 2.18. The molecule has 3 unspecified atom stereocenters. The Labute approximate surface area is 75.7 Å². The number of hydrogen-bond donors (Lipinski definition) is 1. The summed E-state index contributed by atoms with van der Waals surface area (Å²) in [4.78, 5) is 0. The molecule has 0 heterocycles. The molecular weight excluding hydrogens is 146 g/mol. The summed E-state index contributed by atoms with van der Waals surface area (Å²) in [5.74, 6) is 0. The van der Waals surface area contributed by atoms with Crippen LogP contribution in [0, 0.1) is 16.2 Å². The fraction of sp³-hybridized carbons (Fsp3) is 1.00. The van der Waals surface area contributed by atoms with Gasteiger partial charge in [0.1, 0.15) is 0 Å². The summed E-state index contributed by atoms with van der Waals surface area (Å²) in [6, 6.07) is 0.436. The lowest BCUT2D eigenvalue weighted by atomic mass is 9.65. The smallest absolute Gasteiger partial charge is 0.0104 e. The van der Waals surface area contributed by atoms with E-state index in [1.165, 1.54) is 19.3 Å². The van der Waals surface area contributed by atoms with Crippen LogP contribution in [0.15, 0.2) is 0 Å². The van der Waals surface area contributed by atoms with E-state index in [-0.39, 0.29) is 0 Å². The van der Waals surface area contributed by atoms with Gasteiger partial charge in [-0.2, -0.15) is 0 Å². The van der Waals surface area contributed by atoms with Gasteiger partial charge in [-0.1, -0.05) is 27.7 Å². The van der Waals surface area contributed by atoms with Gasteiger partial charge in [0.25, 0.3) is 0 Å². The molecule has 0 radical (unpaired) electrons. The van der Waals surface area contributed by atoms with Gasteiger partial charge in [0.15, 0.2) is 0 Å². The molecule has 2 saturated carbocycles. The van der Waals surface area contributed by atoms with Crippen molar-refractivity contribution >= 4 is 0 Å². The standard InChI is InChI=1S/C11H21N/c1-9(2)10(3)5-6-11(9,4)8(12)7-10/h8H,5-7,12H2,1-4H3. The molecule has 2 rings (SSSR count). The van der Waals surface area contributed by atoms with Crippen molar-refractivity contribution in [1.29, 1.82) is 0 Å². The van der Waals surface area contributed by atoms with E-state index in [2.05, 4.69) is 27.7 Å². The normalized spacial score (nSPS) is 56.2. The molecule has 2 aliphatic rings. The van der Waals surface area contributed by atoms with Gasteiger partial charge >= 0.3 is 0 Å². The van der Waals surface area contributed by atoms with E-state index in [9.17, 15) is 0 Å². The molecule has 2 fully saturated rings. The first-order chi connectivity index (χ1) is 5.33. The molecule has 1 nitrogen and oxygen atoms in total. The van der Waals surface area contributed by atoms with Crippen molar-refractivity contribution in [3.8, 4) is 0 Å². The maximum absolute atomic E-state index is 6.22. The third-order valence-electron chi connectivity index (χ3n) is 5.62. The van der Waals surface area contributed by atoms with Crippen LogP contribution in [0.2, 0.25) is 0 Å². The number of nitrogens with two attached hydrogens (primary N) is 1. The van der Waals surface area contributed by atoms with Gasteiger partial charge in [-0.05, 0) is 35.5 Å². The van der Waals surface area contributed by atoms with Gasteiger partial charge in [0.05, 0.1) is 0 Å². The van der Waals surface area contributed by atoms with Crippen LogP contribution in [-0.2, 0) is 0 Å². The largest absolute Gasteiger partial charge is 0.327 e. The fourth-order valence-electron chi connectivity index (χ4n) is 3.57. The summed E-state index contributed by atoms with van der Waals surface area (Å²) in [5, 5.41) is 0. The molecular formula is C11H21N. The van der Waals surface area contributed by atoms with Crippen molar-refractivity contribution in [3.63, 3.8) is 0 Å². The third kappa shape index (κ3) is 0.618. The number of rotatable bonds is 0. The molecule has 12 heavy (non-hydrogen) atoms. The summed E-state index contributed by atoms with van der Waals surface area (Å²) in [5.41, 5.74) is 7.58. The first-order valence-electron chi connectivity index (χ1n) is 5.09. The number of fused-ring (bicyclic) bond motifs is 2. The zero-order valence-electron chi connectivity index (χ0n) is 8.78. The van der Waals surface area contributed by atoms with Crippen molar-refractivity contribution in [3.05, 3.63) is 0 Å². The van der Waals surface area contributed by atoms with E-state index < -0.39 is 0 Å². The highest BCUT2D eigenvalue weighted by molar-refractivity contribution is 5.17. The topological polar surface area (TPSA) is 26.0 Å². The minimum Gasteiger partial charge on any atom is -0.327 e. The Balaban J connectivity index is 2.49. The Bertz CT molecular complexity index is 218. The summed E-state index contributed by atoms with van der Waals surface area (Å²) in [6.07, 6.45) is 3.94. The van der Waals surface area contributed by atoms with Crippen LogP contribution in [-0.4, -0.2) is 6.04 Å². The van der Waals surface area contributed by atoms with Crippen LogP contribution in [0.4, 0.5) is 0 Å². The number of hydrogen-bond acceptors (Lipinski definition) is 1. The Morgan fingerprint density at radius 3 is 1.83 bits per heavy atom. The minimum atomic E-state index is 0.405. The highest BCUT2D eigenvalue weighted by atomic mass is 14.8. The van der Waals surface area contributed by atoms with Crippen molar-refractivity contribution in [1.82, 2.24) is 0 Å². The maximum Gasteiger partial charge on any atom is 0.0104 e. The molecule has 0 spiro atoms. The van der Waals surface area contributed by atoms with Crippen LogP contribution >= 0.6 is 0 Å². The van der Waals surface area contributed by atoms with Gasteiger partial charge < -0.3 is 5.73 Å². The second-order valence-electron chi connectivity index (χ2n) is 5.91. The van der Waals surface area contributed by atoms with Gasteiger partial charge in [-0.25, -0.2) is 0 Å². The summed E-state index contributed by atoms with van der Waals surface area (Å²) >= 11 is 0. The van der Waals surface area contributed by atoms with Crippen molar-refractivity contribution in [2.24, 2.45) is 22.0 Å². The molecule has 2 aliphatic carbocycles. The highest BCUT2D eigenvalue weighted by Gasteiger charge is 2.66. The lowest BCUT2D eigenvalue weighted by Crippen LogP contribution is -2.40. The first-order valence-corrected chi connectivity index (χ1v) is 5.09. The van der Waals surface area contributed by atoms with E-state index >= 15 is 0 Å². The average molecular weight is 167 g/mol. The molecule has 0 aromatic heterocycles. The molecule has 0 aromatic carbocycles. The molecule has 2 N–H and O–H groups in total. The van der Waals surface area contributed by atoms with E-state index in [0.29, 0.717) is 22.3 Å². The maximum atomic E-state index is 6.22. The summed E-state index contributed by atoms with van der Waals surface area (Å²) < 4.78 is 0. The third-order valence-corrected chi connectivity index (χ3v) is 5.62. The predicted octanol–water partition coefficient (Wildman–Crippen LogP) is 2.55. The van der Waals surface area contributed by atoms with E-state index in [0.717, 1.165) is 0 Å². The quantitative estimate of drug-likeness (QED) is 0.589. The fourth-order valence-corrected chi connectivity index (χ4v) is 3.57. The Morgan fingerprint density at radius 1 is 1.08 bits per heavy atom. The molecule has 1 heteroatoms. The molecule has 0 amide bonds. The molecule has 0 saturated heterocycles. The van der Waals surface area contributed by atoms with Gasteiger partial charge in [-0.15, -0.1) is 0 Å². The zero-order valence-corrected chi connectivity index (χ0v) is 8.78. The lowest BCUT2D eigenvalue weighted by Gasteiger charge is -2.39. The SMILES string of the molecule is CC12CCC(C)(C(N)C1)C2(C)C. The predicted molar refractivity (Wildman–Crippen MR) is 51.8 cm³/mol. The lowest BCUT2D eigenvalue weighted by molar-refractivity contribution is 0.0948. The van der Waals surface area contributed by atoms with E-state index in [1.807, 2.05) is 0 Å². The second kappa shape index (κ2) is 1.89. The van der Waals surface area contributed by atoms with Crippen LogP contribution < -0.4 is 5.73 Å². The van der Waals surface area contributed by atoms with Gasteiger partial charge in [0, 0.05) is 6.04 Å². The van der Waals surface area contributed by atoms with Crippen LogP contribution in [0.5, 0.6) is 0 Å². The van der Waals surface area contributed by atoms with Gasteiger partial charge in [0.2, 0.25) is 0 Å². The Kier molecular flexibility index (Phi) is 1.35. The van der Waals surface area contributed by atoms with Crippen molar-refractivity contribution in [2.75, 3.05) is 0 Å². The van der Waals surface area contributed by atoms with Crippen LogP contribution in [0.25, 0.3) is 0 Å². The van der Waals surface area contributed by atoms with E-state index in [1.54, 1.807) is 0 Å². The van der Waals surface area contributed by atoms with Gasteiger partial charge in [-0.3, -0.25) is 0 Å². The molecule has 0 aliphatic heterocycles. The molecule has 70 valence electrons. The highest BCUT2D eigenvalue weighted by Crippen LogP contribution is 2.71. The van der Waals surface area contributed by atoms with Crippen LogP contribution in [0.3, 0.4) is 0 Å². The molecule has 0 aromatic rings. The summed E-state index contributed by atoms with van der Waals surface area (Å²) in [7, 11) is 0. The van der Waals surface area contributed by atoms with Crippen molar-refractivity contribution < 1.29 is 0 Å². The van der Waals surface area contributed by atoms with E-state index in [4.69, 9.17) is 5.73 Å².